The Balaban J connectivity index is 1.89. The highest BCUT2D eigenvalue weighted by Crippen LogP contribution is 2.32. The van der Waals surface area contributed by atoms with Crippen LogP contribution in [0, 0.1) is 5.92 Å². The summed E-state index contributed by atoms with van der Waals surface area (Å²) >= 11 is 0. The van der Waals surface area contributed by atoms with Crippen molar-refractivity contribution in [2.24, 2.45) is 10.9 Å². The molecular weight excluding hydrogens is 380 g/mol. The average molecular weight is 425 g/mol. The van der Waals surface area contributed by atoms with E-state index >= 15 is 0 Å². The van der Waals surface area contributed by atoms with Gasteiger partial charge >= 0.3 is 6.09 Å². The number of ether oxygens (including phenoxy) is 2. The molecule has 1 aliphatic carbocycles. The number of guanidine groups is 1. The summed E-state index contributed by atoms with van der Waals surface area (Å²) in [5, 5.41) is 3.42. The summed E-state index contributed by atoms with van der Waals surface area (Å²) in [6.07, 6.45) is 5.41. The zero-order valence-electron chi connectivity index (χ0n) is 20.1. The normalized spacial score (nSPS) is 18.6. The number of aliphatic imine (C=N–C) groups is 1. The number of hydrogen-bond donors (Lipinski definition) is 1. The van der Waals surface area contributed by atoms with Crippen LogP contribution in [0.2, 0.25) is 0 Å². The molecule has 0 spiro atoms. The van der Waals surface area contributed by atoms with Crippen LogP contribution in [0.5, 0.6) is 0 Å². The van der Waals surface area contributed by atoms with Crippen LogP contribution in [-0.4, -0.2) is 78.9 Å². The van der Waals surface area contributed by atoms with E-state index in [2.05, 4.69) is 31.0 Å². The Labute approximate surface area is 183 Å². The summed E-state index contributed by atoms with van der Waals surface area (Å²) in [5.41, 5.74) is -0.455. The van der Waals surface area contributed by atoms with E-state index < -0.39 is 5.60 Å². The maximum atomic E-state index is 12.8. The van der Waals surface area contributed by atoms with E-state index in [0.29, 0.717) is 5.92 Å². The number of carbonyl (C=O) groups excluding carboxylic acids is 1. The zero-order chi connectivity index (χ0) is 22.1. The Kier molecular flexibility index (Phi) is 9.72. The maximum Gasteiger partial charge on any atom is 0.410 e. The van der Waals surface area contributed by atoms with Crippen molar-refractivity contribution in [2.45, 2.75) is 91.4 Å². The molecule has 0 bridgehead atoms. The fraction of sp³-hybridized carbons (Fsp3) is 0.913. The molecule has 30 heavy (non-hydrogen) atoms. The molecule has 0 aromatic rings. The lowest BCUT2D eigenvalue weighted by Gasteiger charge is -2.40. The smallest absolute Gasteiger partial charge is 0.410 e. The highest BCUT2D eigenvalue weighted by molar-refractivity contribution is 5.80. The Bertz CT molecular complexity index is 547. The van der Waals surface area contributed by atoms with Gasteiger partial charge in [-0.15, -0.1) is 0 Å². The first-order chi connectivity index (χ1) is 14.2. The van der Waals surface area contributed by atoms with E-state index in [-0.39, 0.29) is 18.2 Å². The molecule has 1 saturated heterocycles. The molecule has 7 heteroatoms. The highest BCUT2D eigenvalue weighted by Gasteiger charge is 2.35. The summed E-state index contributed by atoms with van der Waals surface area (Å²) in [5.74, 6) is 1.63. The molecule has 1 saturated carbocycles. The largest absolute Gasteiger partial charge is 0.444 e. The molecule has 2 fully saturated rings. The Morgan fingerprint density at radius 3 is 2.40 bits per heavy atom. The van der Waals surface area contributed by atoms with E-state index in [1.165, 1.54) is 12.8 Å². The molecule has 1 aliphatic heterocycles. The van der Waals surface area contributed by atoms with Crippen molar-refractivity contribution in [3.05, 3.63) is 0 Å². The summed E-state index contributed by atoms with van der Waals surface area (Å²) in [6.45, 7) is 17.0. The molecule has 174 valence electrons. The van der Waals surface area contributed by atoms with Crippen LogP contribution < -0.4 is 5.32 Å². The summed E-state index contributed by atoms with van der Waals surface area (Å²) in [6, 6.07) is 0.249. The number of nitrogens with one attached hydrogen (secondary N) is 1. The van der Waals surface area contributed by atoms with Gasteiger partial charge in [-0.2, -0.15) is 0 Å². The van der Waals surface area contributed by atoms with Crippen molar-refractivity contribution in [3.63, 3.8) is 0 Å². The van der Waals surface area contributed by atoms with Crippen LogP contribution in [0.1, 0.15) is 73.6 Å². The molecule has 1 heterocycles. The second-order valence-electron chi connectivity index (χ2n) is 9.80. The van der Waals surface area contributed by atoms with Gasteiger partial charge in [-0.25, -0.2) is 4.79 Å². The van der Waals surface area contributed by atoms with Gasteiger partial charge in [-0.1, -0.05) is 0 Å². The summed E-state index contributed by atoms with van der Waals surface area (Å²) in [4.78, 5) is 22.0. The number of rotatable bonds is 9. The molecule has 0 unspecified atom stereocenters. The molecule has 0 radical (unpaired) electrons. The van der Waals surface area contributed by atoms with E-state index in [1.807, 2.05) is 25.7 Å². The van der Waals surface area contributed by atoms with Gasteiger partial charge in [0.15, 0.2) is 5.96 Å². The van der Waals surface area contributed by atoms with E-state index in [9.17, 15) is 4.79 Å². The fourth-order valence-electron chi connectivity index (χ4n) is 3.66. The lowest BCUT2D eigenvalue weighted by atomic mass is 10.0. The first kappa shape index (κ1) is 24.8. The summed E-state index contributed by atoms with van der Waals surface area (Å²) < 4.78 is 11.3. The molecule has 1 N–H and O–H groups in total. The van der Waals surface area contributed by atoms with Crippen LogP contribution in [0.3, 0.4) is 0 Å². The number of carbonyl (C=O) groups is 1. The molecule has 0 atom stereocenters. The predicted molar refractivity (Wildman–Crippen MR) is 122 cm³/mol. The minimum absolute atomic E-state index is 0.154. The third kappa shape index (κ3) is 9.11. The minimum atomic E-state index is -0.455. The predicted octanol–water partition coefficient (Wildman–Crippen LogP) is 3.88. The number of likely N-dealkylation sites (tertiary alicyclic amines) is 1. The second-order valence-corrected chi connectivity index (χ2v) is 9.80. The molecule has 2 rings (SSSR count). The van der Waals surface area contributed by atoms with Crippen molar-refractivity contribution in [1.82, 2.24) is 15.1 Å². The third-order valence-corrected chi connectivity index (χ3v) is 5.33. The van der Waals surface area contributed by atoms with Gasteiger partial charge in [0.25, 0.3) is 0 Å². The van der Waals surface area contributed by atoms with Crippen molar-refractivity contribution in [2.75, 3.05) is 39.3 Å². The maximum absolute atomic E-state index is 12.8. The minimum Gasteiger partial charge on any atom is -0.444 e. The van der Waals surface area contributed by atoms with Crippen molar-refractivity contribution < 1.29 is 14.3 Å². The van der Waals surface area contributed by atoms with Crippen LogP contribution in [0.4, 0.5) is 4.79 Å². The first-order valence-electron chi connectivity index (χ1n) is 11.8. The van der Waals surface area contributed by atoms with Gasteiger partial charge in [0, 0.05) is 45.4 Å². The standard InChI is InChI=1S/C23H44N4O3/c1-7-24-21(25-13-8-16-29-18(2)3)26-14-11-20(12-15-26)27(17-19-9-10-19)22(28)30-23(4,5)6/h18-20H,7-17H2,1-6H3,(H,24,25). The lowest BCUT2D eigenvalue weighted by Crippen LogP contribution is -2.52. The number of hydrogen-bond acceptors (Lipinski definition) is 4. The van der Waals surface area contributed by atoms with Gasteiger partial charge in [0.2, 0.25) is 0 Å². The van der Waals surface area contributed by atoms with Gasteiger partial charge in [0.05, 0.1) is 6.10 Å². The van der Waals surface area contributed by atoms with Gasteiger partial charge in [-0.3, -0.25) is 4.99 Å². The molecular formula is C23H44N4O3. The van der Waals surface area contributed by atoms with Crippen LogP contribution in [-0.2, 0) is 9.47 Å². The van der Waals surface area contributed by atoms with Crippen molar-refractivity contribution >= 4 is 12.1 Å². The van der Waals surface area contributed by atoms with Crippen LogP contribution in [0.25, 0.3) is 0 Å². The van der Waals surface area contributed by atoms with E-state index in [4.69, 9.17) is 14.5 Å². The summed E-state index contributed by atoms with van der Waals surface area (Å²) in [7, 11) is 0. The molecule has 0 aromatic carbocycles. The Morgan fingerprint density at radius 1 is 1.20 bits per heavy atom. The molecule has 7 nitrogen and oxygen atoms in total. The van der Waals surface area contributed by atoms with Crippen LogP contribution >= 0.6 is 0 Å². The molecule has 0 aromatic heterocycles. The van der Waals surface area contributed by atoms with Crippen molar-refractivity contribution in [3.8, 4) is 0 Å². The third-order valence-electron chi connectivity index (χ3n) is 5.33. The van der Waals surface area contributed by atoms with Crippen molar-refractivity contribution in [1.29, 1.82) is 0 Å². The molecule has 1 amide bonds. The second kappa shape index (κ2) is 11.8. The highest BCUT2D eigenvalue weighted by atomic mass is 16.6. The number of piperidine rings is 1. The SMILES string of the molecule is CCNC(=NCCCOC(C)C)N1CCC(N(CC2CC2)C(=O)OC(C)(C)C)CC1. The van der Waals surface area contributed by atoms with Gasteiger partial charge in [0.1, 0.15) is 5.60 Å². The average Bonchev–Trinajstić information content (AvgIpc) is 3.48. The lowest BCUT2D eigenvalue weighted by molar-refractivity contribution is 0.00928. The Morgan fingerprint density at radius 2 is 1.87 bits per heavy atom. The van der Waals surface area contributed by atoms with Gasteiger partial charge < -0.3 is 24.6 Å². The first-order valence-corrected chi connectivity index (χ1v) is 11.8. The zero-order valence-corrected chi connectivity index (χ0v) is 20.1. The quantitative estimate of drug-likeness (QED) is 0.346. The molecule has 2 aliphatic rings. The monoisotopic (exact) mass is 424 g/mol. The fourth-order valence-corrected chi connectivity index (χ4v) is 3.66. The van der Waals surface area contributed by atoms with E-state index in [0.717, 1.165) is 64.6 Å². The Hall–Kier alpha value is -1.50. The number of amides is 1. The van der Waals surface area contributed by atoms with Crippen LogP contribution in [0.15, 0.2) is 4.99 Å². The van der Waals surface area contributed by atoms with Gasteiger partial charge in [-0.05, 0) is 79.6 Å². The van der Waals surface area contributed by atoms with E-state index in [1.54, 1.807) is 0 Å². The number of nitrogens with zero attached hydrogens (tertiary/aromatic N) is 3. The topological polar surface area (TPSA) is 66.4 Å².